The summed E-state index contributed by atoms with van der Waals surface area (Å²) in [6.07, 6.45) is -0.117. The van der Waals surface area contributed by atoms with E-state index in [0.717, 1.165) is 9.35 Å². The fraction of sp³-hybridized carbons (Fsp3) is 0.545. The minimum atomic E-state index is -0.117. The van der Waals surface area contributed by atoms with Gasteiger partial charge in [-0.2, -0.15) is 0 Å². The van der Waals surface area contributed by atoms with Crippen LogP contribution in [-0.4, -0.2) is 39.4 Å². The molecule has 4 nitrogen and oxygen atoms in total. The zero-order valence-electron chi connectivity index (χ0n) is 10.1. The average molecular weight is 322 g/mol. The molecule has 0 aliphatic carbocycles. The van der Waals surface area contributed by atoms with Crippen molar-refractivity contribution in [3.8, 4) is 0 Å². The van der Waals surface area contributed by atoms with Gasteiger partial charge in [0, 0.05) is 20.8 Å². The summed E-state index contributed by atoms with van der Waals surface area (Å²) in [5.41, 5.74) is 1.07. The molecular weight excluding hydrogens is 306 g/mol. The number of thiophene rings is 1. The number of rotatable bonds is 6. The Morgan fingerprint density at radius 3 is 2.76 bits per heavy atom. The summed E-state index contributed by atoms with van der Waals surface area (Å²) in [5.74, 6) is -0.0815. The monoisotopic (exact) mass is 321 g/mol. The smallest absolute Gasteiger partial charge is 0.261 e. The molecule has 6 heteroatoms. The van der Waals surface area contributed by atoms with Crippen molar-refractivity contribution in [1.29, 1.82) is 0 Å². The Balaban J connectivity index is 2.49. The maximum absolute atomic E-state index is 11.8. The van der Waals surface area contributed by atoms with Gasteiger partial charge in [-0.15, -0.1) is 11.3 Å². The Labute approximate surface area is 113 Å². The van der Waals surface area contributed by atoms with E-state index < -0.39 is 0 Å². The van der Waals surface area contributed by atoms with Crippen LogP contribution in [0.3, 0.4) is 0 Å². The van der Waals surface area contributed by atoms with Gasteiger partial charge in [0.25, 0.3) is 5.91 Å². The van der Waals surface area contributed by atoms with Crippen LogP contribution < -0.4 is 5.32 Å². The third kappa shape index (κ3) is 4.39. The number of hydrogen-bond donors (Lipinski definition) is 1. The molecule has 0 fully saturated rings. The van der Waals surface area contributed by atoms with Crippen LogP contribution in [0.15, 0.2) is 9.85 Å². The number of halogens is 1. The highest BCUT2D eigenvalue weighted by atomic mass is 79.9. The van der Waals surface area contributed by atoms with Crippen molar-refractivity contribution in [1.82, 2.24) is 5.32 Å². The van der Waals surface area contributed by atoms with Crippen molar-refractivity contribution in [2.75, 3.05) is 27.4 Å². The van der Waals surface area contributed by atoms with Crippen molar-refractivity contribution in [2.45, 2.75) is 13.0 Å². The van der Waals surface area contributed by atoms with Gasteiger partial charge in [0.1, 0.15) is 0 Å². The highest BCUT2D eigenvalue weighted by molar-refractivity contribution is 9.11. The van der Waals surface area contributed by atoms with E-state index in [0.29, 0.717) is 18.0 Å². The Morgan fingerprint density at radius 2 is 2.29 bits per heavy atom. The van der Waals surface area contributed by atoms with Gasteiger partial charge < -0.3 is 14.8 Å². The zero-order valence-corrected chi connectivity index (χ0v) is 12.5. The van der Waals surface area contributed by atoms with Gasteiger partial charge >= 0.3 is 0 Å². The molecule has 0 saturated carbocycles. The second kappa shape index (κ2) is 7.10. The van der Waals surface area contributed by atoms with E-state index >= 15 is 0 Å². The molecule has 0 saturated heterocycles. The molecule has 1 aromatic rings. The van der Waals surface area contributed by atoms with Crippen molar-refractivity contribution < 1.29 is 14.3 Å². The first-order valence-electron chi connectivity index (χ1n) is 5.14. The van der Waals surface area contributed by atoms with Crippen LogP contribution in [0.5, 0.6) is 0 Å². The van der Waals surface area contributed by atoms with Crippen LogP contribution in [0.1, 0.15) is 15.2 Å². The normalized spacial score (nSPS) is 12.5. The Morgan fingerprint density at radius 1 is 1.59 bits per heavy atom. The van der Waals surface area contributed by atoms with E-state index in [-0.39, 0.29) is 12.0 Å². The van der Waals surface area contributed by atoms with Crippen LogP contribution in [0.4, 0.5) is 0 Å². The maximum Gasteiger partial charge on any atom is 0.261 e. The molecular formula is C11H16BrNO3S. The second-order valence-corrected chi connectivity index (χ2v) is 5.96. The molecule has 1 heterocycles. The van der Waals surface area contributed by atoms with Gasteiger partial charge in [0.05, 0.1) is 21.4 Å². The number of methoxy groups -OCH3 is 2. The maximum atomic E-state index is 11.8. The summed E-state index contributed by atoms with van der Waals surface area (Å²) in [4.78, 5) is 12.5. The Kier molecular flexibility index (Phi) is 6.11. The molecule has 1 N–H and O–H groups in total. The predicted molar refractivity (Wildman–Crippen MR) is 71.8 cm³/mol. The second-order valence-electron chi connectivity index (χ2n) is 3.59. The molecule has 1 aromatic heterocycles. The SMILES string of the molecule is COCC(CNC(=O)c1cc(C)c(Br)s1)OC. The Bertz CT molecular complexity index is 361. The molecule has 0 radical (unpaired) electrons. The van der Waals surface area contributed by atoms with Gasteiger partial charge in [0.15, 0.2) is 0 Å². The third-order valence-electron chi connectivity index (χ3n) is 2.26. The number of hydrogen-bond acceptors (Lipinski definition) is 4. The summed E-state index contributed by atoms with van der Waals surface area (Å²) < 4.78 is 11.1. The van der Waals surface area contributed by atoms with Gasteiger partial charge in [-0.05, 0) is 34.5 Å². The van der Waals surface area contributed by atoms with Crippen LogP contribution in [-0.2, 0) is 9.47 Å². The average Bonchev–Trinajstić information content (AvgIpc) is 2.64. The van der Waals surface area contributed by atoms with E-state index in [1.165, 1.54) is 11.3 Å². The summed E-state index contributed by atoms with van der Waals surface area (Å²) in [6, 6.07) is 1.86. The minimum Gasteiger partial charge on any atom is -0.382 e. The molecule has 0 aliphatic heterocycles. The van der Waals surface area contributed by atoms with Gasteiger partial charge in [-0.25, -0.2) is 0 Å². The summed E-state index contributed by atoms with van der Waals surface area (Å²) in [7, 11) is 3.20. The molecule has 0 spiro atoms. The molecule has 17 heavy (non-hydrogen) atoms. The highest BCUT2D eigenvalue weighted by Crippen LogP contribution is 2.27. The quantitative estimate of drug-likeness (QED) is 0.873. The lowest BCUT2D eigenvalue weighted by molar-refractivity contribution is 0.0286. The lowest BCUT2D eigenvalue weighted by Crippen LogP contribution is -2.35. The van der Waals surface area contributed by atoms with Gasteiger partial charge in [-0.3, -0.25) is 4.79 Å². The van der Waals surface area contributed by atoms with Gasteiger partial charge in [0.2, 0.25) is 0 Å². The highest BCUT2D eigenvalue weighted by Gasteiger charge is 2.13. The first kappa shape index (κ1) is 14.6. The lowest BCUT2D eigenvalue weighted by atomic mass is 10.3. The fourth-order valence-corrected chi connectivity index (χ4v) is 2.71. The van der Waals surface area contributed by atoms with Crippen molar-refractivity contribution in [2.24, 2.45) is 0 Å². The molecule has 0 bridgehead atoms. The van der Waals surface area contributed by atoms with Crippen LogP contribution in [0, 0.1) is 6.92 Å². The van der Waals surface area contributed by atoms with E-state index in [1.54, 1.807) is 14.2 Å². The topological polar surface area (TPSA) is 47.6 Å². The van der Waals surface area contributed by atoms with Crippen LogP contribution in [0.2, 0.25) is 0 Å². The zero-order chi connectivity index (χ0) is 12.8. The summed E-state index contributed by atoms with van der Waals surface area (Å²) >= 11 is 4.82. The third-order valence-corrected chi connectivity index (χ3v) is 4.39. The first-order chi connectivity index (χ1) is 8.08. The standard InChI is InChI=1S/C11H16BrNO3S/c1-7-4-9(17-10(7)12)11(14)13-5-8(16-3)6-15-2/h4,8H,5-6H2,1-3H3,(H,13,14). The lowest BCUT2D eigenvalue weighted by Gasteiger charge is -2.14. The fourth-order valence-electron chi connectivity index (χ4n) is 1.26. The van der Waals surface area contributed by atoms with E-state index in [9.17, 15) is 4.79 Å². The predicted octanol–water partition coefficient (Wildman–Crippen LogP) is 2.21. The van der Waals surface area contributed by atoms with Crippen molar-refractivity contribution in [3.05, 3.63) is 20.3 Å². The Hall–Kier alpha value is -0.430. The van der Waals surface area contributed by atoms with Gasteiger partial charge in [-0.1, -0.05) is 0 Å². The van der Waals surface area contributed by atoms with Crippen molar-refractivity contribution >= 4 is 33.2 Å². The number of carbonyl (C=O) groups excluding carboxylic acids is 1. The molecule has 1 unspecified atom stereocenters. The molecule has 1 rings (SSSR count). The summed E-state index contributed by atoms with van der Waals surface area (Å²) in [6.45, 7) is 2.86. The number of carbonyl (C=O) groups is 1. The summed E-state index contributed by atoms with van der Waals surface area (Å²) in [5, 5.41) is 2.82. The van der Waals surface area contributed by atoms with Crippen LogP contribution >= 0.6 is 27.3 Å². The molecule has 0 aromatic carbocycles. The number of amides is 1. The number of aryl methyl sites for hydroxylation is 1. The van der Waals surface area contributed by atoms with E-state index in [4.69, 9.17) is 9.47 Å². The molecule has 1 amide bonds. The molecule has 1 atom stereocenters. The van der Waals surface area contributed by atoms with E-state index in [2.05, 4.69) is 21.2 Å². The minimum absolute atomic E-state index is 0.0815. The molecule has 96 valence electrons. The van der Waals surface area contributed by atoms with Crippen LogP contribution in [0.25, 0.3) is 0 Å². The number of ether oxygens (including phenoxy) is 2. The first-order valence-corrected chi connectivity index (χ1v) is 6.75. The number of nitrogens with one attached hydrogen (secondary N) is 1. The largest absolute Gasteiger partial charge is 0.382 e. The van der Waals surface area contributed by atoms with E-state index in [1.807, 2.05) is 13.0 Å². The molecule has 0 aliphatic rings. The van der Waals surface area contributed by atoms with Crippen molar-refractivity contribution in [3.63, 3.8) is 0 Å².